The molecule has 1 saturated carbocycles. The highest BCUT2D eigenvalue weighted by atomic mass is 16.4. The second-order valence-electron chi connectivity index (χ2n) is 4.79. The zero-order chi connectivity index (χ0) is 11.2. The van der Waals surface area contributed by atoms with Gasteiger partial charge in [-0.25, -0.2) is 0 Å². The molecule has 16 heavy (non-hydrogen) atoms. The number of nitrogens with two attached hydrogens (primary N) is 1. The molecule has 0 amide bonds. The Labute approximate surface area is 93.8 Å². The number of fused-ring (bicyclic) bond motifs is 1. The third kappa shape index (κ3) is 1.50. The average molecular weight is 217 g/mol. The molecule has 2 aromatic rings. The summed E-state index contributed by atoms with van der Waals surface area (Å²) in [7, 11) is 0. The lowest BCUT2D eigenvalue weighted by Gasteiger charge is -2.38. The molecule has 1 fully saturated rings. The molecule has 84 valence electrons. The second kappa shape index (κ2) is 3.14. The Kier molecular flexibility index (Phi) is 1.87. The Morgan fingerprint density at radius 2 is 2.25 bits per heavy atom. The number of rotatable bonds is 2. The van der Waals surface area contributed by atoms with E-state index < -0.39 is 0 Å². The van der Waals surface area contributed by atoms with Gasteiger partial charge in [0.15, 0.2) is 5.58 Å². The number of oxazole rings is 1. The Bertz CT molecular complexity index is 528. The van der Waals surface area contributed by atoms with E-state index in [1.165, 1.54) is 19.3 Å². The summed E-state index contributed by atoms with van der Waals surface area (Å²) in [5.41, 5.74) is 8.15. The van der Waals surface area contributed by atoms with Crippen molar-refractivity contribution in [1.82, 2.24) is 4.98 Å². The van der Waals surface area contributed by atoms with Gasteiger partial charge >= 0.3 is 0 Å². The van der Waals surface area contributed by atoms with Crippen molar-refractivity contribution in [2.45, 2.75) is 31.7 Å². The zero-order valence-corrected chi connectivity index (χ0v) is 9.29. The lowest BCUT2D eigenvalue weighted by molar-refractivity contribution is 0.299. The Morgan fingerprint density at radius 1 is 1.44 bits per heavy atom. The van der Waals surface area contributed by atoms with E-state index in [0.717, 1.165) is 11.1 Å². The largest absolute Gasteiger partial charge is 0.424 e. The fourth-order valence-corrected chi connectivity index (χ4v) is 2.09. The Balaban J connectivity index is 1.93. The molecule has 3 rings (SSSR count). The molecule has 1 aromatic carbocycles. The molecule has 3 N–H and O–H groups in total. The summed E-state index contributed by atoms with van der Waals surface area (Å²) in [5.74, 6) is 0. The number of nitrogens with one attached hydrogen (secondary N) is 1. The lowest BCUT2D eigenvalue weighted by Crippen LogP contribution is -2.41. The number of aromatic nitrogens is 1. The highest BCUT2D eigenvalue weighted by Gasteiger charge is 2.32. The van der Waals surface area contributed by atoms with E-state index in [2.05, 4.69) is 17.2 Å². The van der Waals surface area contributed by atoms with Gasteiger partial charge in [0, 0.05) is 11.2 Å². The van der Waals surface area contributed by atoms with E-state index in [4.69, 9.17) is 10.2 Å². The highest BCUT2D eigenvalue weighted by molar-refractivity contribution is 5.78. The minimum absolute atomic E-state index is 0.159. The van der Waals surface area contributed by atoms with Crippen LogP contribution in [0, 0.1) is 0 Å². The van der Waals surface area contributed by atoms with Crippen molar-refractivity contribution < 1.29 is 4.42 Å². The molecule has 0 radical (unpaired) electrons. The summed E-state index contributed by atoms with van der Waals surface area (Å²) in [6, 6.07) is 6.10. The van der Waals surface area contributed by atoms with Crippen molar-refractivity contribution in [2.75, 3.05) is 11.1 Å². The summed E-state index contributed by atoms with van der Waals surface area (Å²) in [6.45, 7) is 2.19. The SMILES string of the molecule is CC1(Nc2nc3cc(N)ccc3o2)CCC1. The topological polar surface area (TPSA) is 64.1 Å². The molecule has 1 aromatic heterocycles. The van der Waals surface area contributed by atoms with E-state index in [0.29, 0.717) is 11.7 Å². The van der Waals surface area contributed by atoms with Gasteiger partial charge in [-0.3, -0.25) is 0 Å². The smallest absolute Gasteiger partial charge is 0.296 e. The van der Waals surface area contributed by atoms with Crippen LogP contribution < -0.4 is 11.1 Å². The first-order valence-electron chi connectivity index (χ1n) is 5.59. The summed E-state index contributed by atoms with van der Waals surface area (Å²) < 4.78 is 5.62. The predicted molar refractivity (Wildman–Crippen MR) is 64.3 cm³/mol. The molecule has 1 aliphatic rings. The van der Waals surface area contributed by atoms with Crippen molar-refractivity contribution >= 4 is 22.8 Å². The third-order valence-electron chi connectivity index (χ3n) is 3.28. The number of nitrogens with zero attached hydrogens (tertiary/aromatic N) is 1. The van der Waals surface area contributed by atoms with E-state index in [9.17, 15) is 0 Å². The quantitative estimate of drug-likeness (QED) is 0.759. The second-order valence-corrected chi connectivity index (χ2v) is 4.79. The fourth-order valence-electron chi connectivity index (χ4n) is 2.09. The van der Waals surface area contributed by atoms with Crippen LogP contribution >= 0.6 is 0 Å². The minimum Gasteiger partial charge on any atom is -0.424 e. The van der Waals surface area contributed by atoms with Gasteiger partial charge in [-0.1, -0.05) is 0 Å². The maximum absolute atomic E-state index is 5.70. The number of hydrogen-bond donors (Lipinski definition) is 2. The first-order chi connectivity index (χ1) is 7.65. The van der Waals surface area contributed by atoms with Crippen LogP contribution in [0.2, 0.25) is 0 Å². The monoisotopic (exact) mass is 217 g/mol. The molecule has 1 aliphatic carbocycles. The van der Waals surface area contributed by atoms with Gasteiger partial charge in [0.1, 0.15) is 5.52 Å². The van der Waals surface area contributed by atoms with Gasteiger partial charge in [-0.2, -0.15) is 4.98 Å². The average Bonchev–Trinajstić information content (AvgIpc) is 2.56. The molecule has 1 heterocycles. The van der Waals surface area contributed by atoms with Crippen LogP contribution in [0.15, 0.2) is 22.6 Å². The van der Waals surface area contributed by atoms with Gasteiger partial charge < -0.3 is 15.5 Å². The molecule has 0 spiro atoms. The van der Waals surface area contributed by atoms with Gasteiger partial charge in [0.25, 0.3) is 6.01 Å². The molecule has 0 aliphatic heterocycles. The van der Waals surface area contributed by atoms with Gasteiger partial charge in [0.05, 0.1) is 0 Å². The van der Waals surface area contributed by atoms with Crippen LogP contribution in [0.3, 0.4) is 0 Å². The molecule has 0 bridgehead atoms. The molecule has 4 nitrogen and oxygen atoms in total. The Morgan fingerprint density at radius 3 is 2.94 bits per heavy atom. The zero-order valence-electron chi connectivity index (χ0n) is 9.29. The first-order valence-corrected chi connectivity index (χ1v) is 5.59. The summed E-state index contributed by atoms with van der Waals surface area (Å²) in [5, 5.41) is 3.35. The standard InChI is InChI=1S/C12H15N3O/c1-12(5-2-6-12)15-11-14-9-7-8(13)3-4-10(9)16-11/h3-4,7H,2,5-6,13H2,1H3,(H,14,15). The molecule has 0 atom stereocenters. The van der Waals surface area contributed by atoms with Gasteiger partial charge in [0.2, 0.25) is 0 Å². The van der Waals surface area contributed by atoms with Crippen LogP contribution in [0.1, 0.15) is 26.2 Å². The summed E-state index contributed by atoms with van der Waals surface area (Å²) in [4.78, 5) is 4.38. The van der Waals surface area contributed by atoms with Crippen LogP contribution in [0.25, 0.3) is 11.1 Å². The van der Waals surface area contributed by atoms with Crippen LogP contribution in [0.5, 0.6) is 0 Å². The fraction of sp³-hybridized carbons (Fsp3) is 0.417. The van der Waals surface area contributed by atoms with Crippen LogP contribution in [-0.4, -0.2) is 10.5 Å². The maximum atomic E-state index is 5.70. The van der Waals surface area contributed by atoms with Gasteiger partial charge in [-0.15, -0.1) is 0 Å². The van der Waals surface area contributed by atoms with Crippen LogP contribution in [0.4, 0.5) is 11.7 Å². The van der Waals surface area contributed by atoms with Gasteiger partial charge in [-0.05, 0) is 44.4 Å². The van der Waals surface area contributed by atoms with Crippen molar-refractivity contribution in [3.8, 4) is 0 Å². The first kappa shape index (κ1) is 9.51. The maximum Gasteiger partial charge on any atom is 0.296 e. The van der Waals surface area contributed by atoms with E-state index in [1.54, 1.807) is 0 Å². The van der Waals surface area contributed by atoms with E-state index >= 15 is 0 Å². The highest BCUT2D eigenvalue weighted by Crippen LogP contribution is 2.35. The number of anilines is 2. The Hall–Kier alpha value is -1.71. The molecule has 0 saturated heterocycles. The van der Waals surface area contributed by atoms with Crippen LogP contribution in [-0.2, 0) is 0 Å². The normalized spacial score (nSPS) is 18.3. The third-order valence-corrected chi connectivity index (χ3v) is 3.28. The number of benzene rings is 1. The lowest BCUT2D eigenvalue weighted by atomic mass is 9.79. The van der Waals surface area contributed by atoms with E-state index in [1.807, 2.05) is 18.2 Å². The van der Waals surface area contributed by atoms with E-state index in [-0.39, 0.29) is 5.54 Å². The van der Waals surface area contributed by atoms with Crippen molar-refractivity contribution in [3.05, 3.63) is 18.2 Å². The van der Waals surface area contributed by atoms with Crippen molar-refractivity contribution in [2.24, 2.45) is 0 Å². The molecule has 4 heteroatoms. The summed E-state index contributed by atoms with van der Waals surface area (Å²) >= 11 is 0. The van der Waals surface area contributed by atoms with Crippen molar-refractivity contribution in [1.29, 1.82) is 0 Å². The number of nitrogen functional groups attached to an aromatic ring is 1. The predicted octanol–water partition coefficient (Wildman–Crippen LogP) is 2.76. The summed E-state index contributed by atoms with van der Waals surface area (Å²) in [6.07, 6.45) is 3.62. The molecular formula is C12H15N3O. The molecule has 0 unspecified atom stereocenters. The number of hydrogen-bond acceptors (Lipinski definition) is 4. The van der Waals surface area contributed by atoms with Crippen molar-refractivity contribution in [3.63, 3.8) is 0 Å². The molecular weight excluding hydrogens is 202 g/mol. The minimum atomic E-state index is 0.159.